The Morgan fingerprint density at radius 1 is 1.32 bits per heavy atom. The van der Waals surface area contributed by atoms with Gasteiger partial charge in [0.25, 0.3) is 0 Å². The van der Waals surface area contributed by atoms with E-state index in [0.717, 1.165) is 12.8 Å². The monoisotopic (exact) mass is 283 g/mol. The second-order valence-corrected chi connectivity index (χ2v) is 5.73. The normalized spacial score (nSPS) is 28.9. The number of hydrogen-bond acceptors (Lipinski definition) is 3. The Labute approximate surface area is 112 Å². The highest BCUT2D eigenvalue weighted by molar-refractivity contribution is 4.87. The van der Waals surface area contributed by atoms with Gasteiger partial charge in [-0.15, -0.1) is 0 Å². The molecule has 1 N–H and O–H groups in total. The van der Waals surface area contributed by atoms with E-state index in [0.29, 0.717) is 18.8 Å². The molecule has 0 unspecified atom stereocenters. The van der Waals surface area contributed by atoms with E-state index in [1.807, 2.05) is 0 Å². The molecule has 0 bridgehead atoms. The quantitative estimate of drug-likeness (QED) is 0.812. The molecule has 19 heavy (non-hydrogen) atoms. The van der Waals surface area contributed by atoms with Gasteiger partial charge in [-0.05, 0) is 31.6 Å². The standard InChI is InChI=1S/C13H24F3NO2/c1-11-3-5-12(18,6-4-11)9-17(7-8-19-2)10-13(14,15)16/h11,18H,3-10H2,1-2H3. The first-order valence-corrected chi connectivity index (χ1v) is 6.74. The number of methoxy groups -OCH3 is 1. The van der Waals surface area contributed by atoms with Gasteiger partial charge >= 0.3 is 6.18 Å². The third-order valence-electron chi connectivity index (χ3n) is 3.74. The Bertz CT molecular complexity index is 263. The van der Waals surface area contributed by atoms with Gasteiger partial charge in [0, 0.05) is 20.2 Å². The second kappa shape index (κ2) is 6.90. The number of hydrogen-bond donors (Lipinski definition) is 1. The third-order valence-corrected chi connectivity index (χ3v) is 3.74. The Kier molecular flexibility index (Phi) is 6.08. The van der Waals surface area contributed by atoms with Gasteiger partial charge in [0.15, 0.2) is 0 Å². The number of aliphatic hydroxyl groups is 1. The van der Waals surface area contributed by atoms with Crippen molar-refractivity contribution < 1.29 is 23.0 Å². The van der Waals surface area contributed by atoms with Crippen molar-refractivity contribution in [1.29, 1.82) is 0 Å². The van der Waals surface area contributed by atoms with Crippen LogP contribution < -0.4 is 0 Å². The van der Waals surface area contributed by atoms with Crippen LogP contribution in [0.2, 0.25) is 0 Å². The summed E-state index contributed by atoms with van der Waals surface area (Å²) in [6.45, 7) is 1.62. The van der Waals surface area contributed by atoms with E-state index in [2.05, 4.69) is 6.92 Å². The summed E-state index contributed by atoms with van der Waals surface area (Å²) in [6, 6.07) is 0. The van der Waals surface area contributed by atoms with E-state index in [9.17, 15) is 18.3 Å². The first-order valence-electron chi connectivity index (χ1n) is 6.74. The molecule has 6 heteroatoms. The van der Waals surface area contributed by atoms with E-state index >= 15 is 0 Å². The molecule has 114 valence electrons. The van der Waals surface area contributed by atoms with Crippen molar-refractivity contribution in [1.82, 2.24) is 4.90 Å². The third kappa shape index (κ3) is 6.58. The summed E-state index contributed by atoms with van der Waals surface area (Å²) in [5.41, 5.74) is -0.981. The molecule has 0 heterocycles. The van der Waals surface area contributed by atoms with Crippen LogP contribution in [0.1, 0.15) is 32.6 Å². The topological polar surface area (TPSA) is 32.7 Å². The molecule has 1 aliphatic carbocycles. The number of alkyl halides is 3. The van der Waals surface area contributed by atoms with Gasteiger partial charge < -0.3 is 9.84 Å². The van der Waals surface area contributed by atoms with E-state index in [4.69, 9.17) is 4.74 Å². The fourth-order valence-corrected chi connectivity index (χ4v) is 2.56. The second-order valence-electron chi connectivity index (χ2n) is 5.73. The highest BCUT2D eigenvalue weighted by Crippen LogP contribution is 2.33. The van der Waals surface area contributed by atoms with Gasteiger partial charge in [-0.1, -0.05) is 6.92 Å². The van der Waals surface area contributed by atoms with Crippen LogP contribution in [0.5, 0.6) is 0 Å². The van der Waals surface area contributed by atoms with Crippen molar-refractivity contribution in [2.24, 2.45) is 5.92 Å². The molecule has 0 aromatic rings. The van der Waals surface area contributed by atoms with Crippen LogP contribution in [0.15, 0.2) is 0 Å². The van der Waals surface area contributed by atoms with Crippen LogP contribution in [0.4, 0.5) is 13.2 Å². The Balaban J connectivity index is 2.55. The zero-order valence-corrected chi connectivity index (χ0v) is 11.7. The number of rotatable bonds is 6. The van der Waals surface area contributed by atoms with Crippen molar-refractivity contribution in [2.45, 2.75) is 44.4 Å². The maximum absolute atomic E-state index is 12.5. The van der Waals surface area contributed by atoms with Crippen LogP contribution in [-0.2, 0) is 4.74 Å². The predicted molar refractivity (Wildman–Crippen MR) is 67.0 cm³/mol. The lowest BCUT2D eigenvalue weighted by molar-refractivity contribution is -0.155. The van der Waals surface area contributed by atoms with Crippen LogP contribution >= 0.6 is 0 Å². The minimum atomic E-state index is -4.24. The van der Waals surface area contributed by atoms with E-state index in [-0.39, 0.29) is 19.7 Å². The summed E-state index contributed by atoms with van der Waals surface area (Å²) in [4.78, 5) is 1.25. The summed E-state index contributed by atoms with van der Waals surface area (Å²) in [6.07, 6.45) is -1.33. The molecule has 1 saturated carbocycles. The predicted octanol–water partition coefficient (Wildman–Crippen LogP) is 2.44. The first kappa shape index (κ1) is 16.7. The molecular formula is C13H24F3NO2. The van der Waals surface area contributed by atoms with Crippen molar-refractivity contribution in [3.8, 4) is 0 Å². The van der Waals surface area contributed by atoms with Crippen LogP contribution in [-0.4, -0.2) is 55.1 Å². The zero-order valence-electron chi connectivity index (χ0n) is 11.7. The summed E-state index contributed by atoms with van der Waals surface area (Å²) >= 11 is 0. The maximum Gasteiger partial charge on any atom is 0.401 e. The summed E-state index contributed by atoms with van der Waals surface area (Å²) in [7, 11) is 1.46. The molecule has 1 aliphatic rings. The fourth-order valence-electron chi connectivity index (χ4n) is 2.56. The molecule has 0 radical (unpaired) electrons. The zero-order chi connectivity index (χ0) is 14.5. The average molecular weight is 283 g/mol. The van der Waals surface area contributed by atoms with Crippen LogP contribution in [0.3, 0.4) is 0 Å². The van der Waals surface area contributed by atoms with Gasteiger partial charge in [-0.2, -0.15) is 13.2 Å². The lowest BCUT2D eigenvalue weighted by Gasteiger charge is -2.39. The molecule has 0 amide bonds. The molecule has 0 aromatic heterocycles. The minimum absolute atomic E-state index is 0.0720. The van der Waals surface area contributed by atoms with E-state index in [1.54, 1.807) is 0 Å². The van der Waals surface area contributed by atoms with Gasteiger partial charge in [0.2, 0.25) is 0 Å². The molecule has 0 atom stereocenters. The maximum atomic E-state index is 12.5. The van der Waals surface area contributed by atoms with E-state index in [1.165, 1.54) is 12.0 Å². The molecule has 0 aromatic carbocycles. The van der Waals surface area contributed by atoms with Crippen molar-refractivity contribution in [3.05, 3.63) is 0 Å². The molecule has 3 nitrogen and oxygen atoms in total. The number of ether oxygens (including phenoxy) is 1. The van der Waals surface area contributed by atoms with Gasteiger partial charge in [-0.3, -0.25) is 4.90 Å². The molecule has 0 saturated heterocycles. The average Bonchev–Trinajstić information content (AvgIpc) is 2.28. The smallest absolute Gasteiger partial charge is 0.389 e. The molecule has 0 aliphatic heterocycles. The highest BCUT2D eigenvalue weighted by Gasteiger charge is 2.37. The highest BCUT2D eigenvalue weighted by atomic mass is 19.4. The van der Waals surface area contributed by atoms with E-state index < -0.39 is 18.3 Å². The lowest BCUT2D eigenvalue weighted by Crippen LogP contribution is -2.48. The van der Waals surface area contributed by atoms with Gasteiger partial charge in [0.05, 0.1) is 18.8 Å². The van der Waals surface area contributed by atoms with Crippen LogP contribution in [0.25, 0.3) is 0 Å². The Morgan fingerprint density at radius 3 is 2.37 bits per heavy atom. The summed E-state index contributed by atoms with van der Waals surface area (Å²) < 4.78 is 42.4. The number of halogens is 3. The van der Waals surface area contributed by atoms with Crippen molar-refractivity contribution >= 4 is 0 Å². The summed E-state index contributed by atoms with van der Waals surface area (Å²) in [5.74, 6) is 0.551. The van der Waals surface area contributed by atoms with Crippen molar-refractivity contribution in [2.75, 3.05) is 33.4 Å². The Morgan fingerprint density at radius 2 is 1.89 bits per heavy atom. The van der Waals surface area contributed by atoms with Crippen LogP contribution in [0, 0.1) is 5.92 Å². The summed E-state index contributed by atoms with van der Waals surface area (Å²) in [5, 5.41) is 10.4. The van der Waals surface area contributed by atoms with Gasteiger partial charge in [0.1, 0.15) is 0 Å². The first-order chi connectivity index (χ1) is 8.74. The lowest BCUT2D eigenvalue weighted by atomic mass is 9.79. The largest absolute Gasteiger partial charge is 0.401 e. The minimum Gasteiger partial charge on any atom is -0.389 e. The van der Waals surface area contributed by atoms with Gasteiger partial charge in [-0.25, -0.2) is 0 Å². The van der Waals surface area contributed by atoms with Crippen molar-refractivity contribution in [3.63, 3.8) is 0 Å². The fraction of sp³-hybridized carbons (Fsp3) is 1.00. The SMILES string of the molecule is COCCN(CC(F)(F)F)CC1(O)CCC(C)CC1. The molecular weight excluding hydrogens is 259 g/mol. The number of nitrogens with zero attached hydrogens (tertiary/aromatic N) is 1. The molecule has 0 spiro atoms. The Hall–Kier alpha value is -0.330. The molecule has 1 rings (SSSR count). The molecule has 1 fully saturated rings.